The highest BCUT2D eigenvalue weighted by Gasteiger charge is 2.23. The minimum Gasteiger partial charge on any atom is -0.376 e. The summed E-state index contributed by atoms with van der Waals surface area (Å²) in [6.45, 7) is 0. The zero-order valence-electron chi connectivity index (χ0n) is 5.28. The molecule has 0 aromatic heterocycles. The molecule has 2 heterocycles. The number of hydrogen-bond acceptors (Lipinski definition) is 4. The monoisotopic (exact) mass is 172 g/mol. The van der Waals surface area contributed by atoms with Crippen molar-refractivity contribution < 1.29 is 0 Å². The third-order valence-electron chi connectivity index (χ3n) is 1.38. The maximum atomic E-state index is 3.26. The molecule has 0 amide bonds. The number of thioether (sulfide) groups is 2. The second kappa shape index (κ2) is 2.80. The van der Waals surface area contributed by atoms with Crippen LogP contribution in [0.25, 0.3) is 0 Å². The Bertz CT molecular complexity index is 143. The van der Waals surface area contributed by atoms with Crippen molar-refractivity contribution in [2.45, 2.75) is 10.7 Å². The molecular weight excluding hydrogens is 164 g/mol. The van der Waals surface area contributed by atoms with Gasteiger partial charge in [0, 0.05) is 12.4 Å². The van der Waals surface area contributed by atoms with E-state index < -0.39 is 0 Å². The van der Waals surface area contributed by atoms with Gasteiger partial charge in [0.1, 0.15) is 10.7 Å². The van der Waals surface area contributed by atoms with Crippen molar-refractivity contribution in [1.29, 1.82) is 0 Å². The lowest BCUT2D eigenvalue weighted by Crippen LogP contribution is -2.35. The first-order chi connectivity index (χ1) is 4.97. The van der Waals surface area contributed by atoms with Gasteiger partial charge < -0.3 is 10.6 Å². The van der Waals surface area contributed by atoms with E-state index in [0.717, 1.165) is 0 Å². The van der Waals surface area contributed by atoms with Gasteiger partial charge >= 0.3 is 0 Å². The highest BCUT2D eigenvalue weighted by molar-refractivity contribution is 8.06. The topological polar surface area (TPSA) is 24.1 Å². The quantitative estimate of drug-likeness (QED) is 0.621. The summed E-state index contributed by atoms with van der Waals surface area (Å²) in [4.78, 5) is 0. The summed E-state index contributed by atoms with van der Waals surface area (Å²) in [5, 5.41) is 11.7. The third kappa shape index (κ3) is 1.13. The Labute approximate surface area is 68.5 Å². The maximum Gasteiger partial charge on any atom is 0.106 e. The van der Waals surface area contributed by atoms with E-state index in [2.05, 4.69) is 21.4 Å². The van der Waals surface area contributed by atoms with Crippen LogP contribution in [0.2, 0.25) is 0 Å². The van der Waals surface area contributed by atoms with Crippen LogP contribution in [0.5, 0.6) is 0 Å². The van der Waals surface area contributed by atoms with Crippen molar-refractivity contribution in [2.75, 3.05) is 0 Å². The van der Waals surface area contributed by atoms with Gasteiger partial charge in [-0.05, 0) is 10.8 Å². The normalized spacial score (nSPS) is 36.0. The minimum absolute atomic E-state index is 0.500. The molecule has 0 aromatic carbocycles. The van der Waals surface area contributed by atoms with Gasteiger partial charge in [-0.25, -0.2) is 0 Å². The lowest BCUT2D eigenvalue weighted by atomic mass is 10.6. The van der Waals surface area contributed by atoms with Crippen LogP contribution in [-0.2, 0) is 0 Å². The van der Waals surface area contributed by atoms with Crippen LogP contribution >= 0.6 is 23.5 Å². The predicted molar refractivity (Wildman–Crippen MR) is 47.3 cm³/mol. The summed E-state index contributed by atoms with van der Waals surface area (Å²) in [7, 11) is 0. The van der Waals surface area contributed by atoms with E-state index >= 15 is 0 Å². The molecule has 2 nitrogen and oxygen atoms in total. The molecule has 0 aliphatic carbocycles. The summed E-state index contributed by atoms with van der Waals surface area (Å²) in [5.74, 6) is 0. The lowest BCUT2D eigenvalue weighted by molar-refractivity contribution is 0.695. The van der Waals surface area contributed by atoms with Gasteiger partial charge in [-0.15, -0.1) is 23.5 Å². The minimum atomic E-state index is 0.500. The molecular formula is C6H8N2S2. The van der Waals surface area contributed by atoms with Gasteiger partial charge in [0.15, 0.2) is 0 Å². The van der Waals surface area contributed by atoms with Gasteiger partial charge in [-0.1, -0.05) is 0 Å². The summed E-state index contributed by atoms with van der Waals surface area (Å²) < 4.78 is 0. The first kappa shape index (κ1) is 6.49. The molecule has 0 spiro atoms. The summed E-state index contributed by atoms with van der Waals surface area (Å²) in [6, 6.07) is 0. The number of rotatable bonds is 1. The average molecular weight is 172 g/mol. The number of nitrogens with one attached hydrogen (secondary N) is 2. The van der Waals surface area contributed by atoms with Gasteiger partial charge in [0.2, 0.25) is 0 Å². The fourth-order valence-electron chi connectivity index (χ4n) is 0.912. The second-order valence-electron chi connectivity index (χ2n) is 2.05. The Morgan fingerprint density at radius 2 is 1.40 bits per heavy atom. The first-order valence-electron chi connectivity index (χ1n) is 3.10. The van der Waals surface area contributed by atoms with Crippen LogP contribution in [0, 0.1) is 0 Å². The summed E-state index contributed by atoms with van der Waals surface area (Å²) >= 11 is 3.65. The van der Waals surface area contributed by atoms with Crippen molar-refractivity contribution in [3.05, 3.63) is 23.2 Å². The molecule has 0 radical (unpaired) electrons. The van der Waals surface area contributed by atoms with E-state index in [-0.39, 0.29) is 0 Å². The molecule has 2 aliphatic heterocycles. The second-order valence-corrected chi connectivity index (χ2v) is 4.16. The van der Waals surface area contributed by atoms with E-state index in [9.17, 15) is 0 Å². The van der Waals surface area contributed by atoms with Gasteiger partial charge in [-0.3, -0.25) is 0 Å². The fraction of sp³-hybridized carbons (Fsp3) is 0.333. The Morgan fingerprint density at radius 1 is 0.900 bits per heavy atom. The molecule has 0 bridgehead atoms. The first-order valence-corrected chi connectivity index (χ1v) is 4.98. The molecule has 2 atom stereocenters. The molecule has 4 heteroatoms. The predicted octanol–water partition coefficient (Wildman–Crippen LogP) is 1.25. The van der Waals surface area contributed by atoms with Gasteiger partial charge in [0.25, 0.3) is 0 Å². The van der Waals surface area contributed by atoms with E-state index in [1.165, 1.54) is 0 Å². The Balaban J connectivity index is 1.89. The van der Waals surface area contributed by atoms with E-state index in [0.29, 0.717) is 10.7 Å². The molecule has 54 valence electrons. The van der Waals surface area contributed by atoms with Crippen molar-refractivity contribution in [2.24, 2.45) is 0 Å². The molecule has 2 unspecified atom stereocenters. The fourth-order valence-corrected chi connectivity index (χ4v) is 2.71. The van der Waals surface area contributed by atoms with Crippen LogP contribution in [0.1, 0.15) is 0 Å². The third-order valence-corrected chi connectivity index (χ3v) is 3.54. The van der Waals surface area contributed by atoms with Crippen molar-refractivity contribution >= 4 is 23.5 Å². The SMILES string of the molecule is C1=CSC(C2NC=CS2)N1. The van der Waals surface area contributed by atoms with Gasteiger partial charge in [-0.2, -0.15) is 0 Å². The zero-order valence-corrected chi connectivity index (χ0v) is 6.91. The van der Waals surface area contributed by atoms with Crippen molar-refractivity contribution in [3.8, 4) is 0 Å². The number of hydrogen-bond donors (Lipinski definition) is 2. The zero-order chi connectivity index (χ0) is 6.81. The van der Waals surface area contributed by atoms with E-state index in [1.807, 2.05) is 35.9 Å². The van der Waals surface area contributed by atoms with Crippen LogP contribution in [0.3, 0.4) is 0 Å². The largest absolute Gasteiger partial charge is 0.376 e. The Morgan fingerprint density at radius 3 is 1.70 bits per heavy atom. The smallest absolute Gasteiger partial charge is 0.106 e. The highest BCUT2D eigenvalue weighted by atomic mass is 32.2. The van der Waals surface area contributed by atoms with Crippen LogP contribution in [-0.4, -0.2) is 10.7 Å². The van der Waals surface area contributed by atoms with Crippen LogP contribution in [0.4, 0.5) is 0 Å². The van der Waals surface area contributed by atoms with Crippen LogP contribution < -0.4 is 10.6 Å². The average Bonchev–Trinajstić information content (AvgIpc) is 2.59. The Hall–Kier alpha value is -0.220. The Kier molecular flexibility index (Phi) is 1.82. The molecule has 0 fully saturated rings. The molecule has 0 saturated heterocycles. The standard InChI is InChI=1S/C6H8N2S2/c1-3-9-5(7-1)6-8-2-4-10-6/h1-8H. The maximum absolute atomic E-state index is 3.26. The lowest BCUT2D eigenvalue weighted by Gasteiger charge is -2.17. The highest BCUT2D eigenvalue weighted by Crippen LogP contribution is 2.28. The van der Waals surface area contributed by atoms with Crippen molar-refractivity contribution in [1.82, 2.24) is 10.6 Å². The molecule has 2 N–H and O–H groups in total. The van der Waals surface area contributed by atoms with Crippen LogP contribution in [0.15, 0.2) is 23.2 Å². The molecule has 0 saturated carbocycles. The van der Waals surface area contributed by atoms with Crippen molar-refractivity contribution in [3.63, 3.8) is 0 Å². The molecule has 10 heavy (non-hydrogen) atoms. The van der Waals surface area contributed by atoms with E-state index in [4.69, 9.17) is 0 Å². The van der Waals surface area contributed by atoms with E-state index in [1.54, 1.807) is 0 Å². The summed E-state index contributed by atoms with van der Waals surface area (Å²) in [6.07, 6.45) is 3.99. The summed E-state index contributed by atoms with van der Waals surface area (Å²) in [5.41, 5.74) is 0. The molecule has 0 aromatic rings. The van der Waals surface area contributed by atoms with Gasteiger partial charge in [0.05, 0.1) is 0 Å². The molecule has 2 aliphatic rings. The molecule has 2 rings (SSSR count).